The molecule has 0 amide bonds. The number of hydrogen-bond donors (Lipinski definition) is 3. The van der Waals surface area contributed by atoms with E-state index in [1.54, 1.807) is 6.92 Å². The van der Waals surface area contributed by atoms with Crippen LogP contribution in [0.4, 0.5) is 0 Å². The lowest BCUT2D eigenvalue weighted by Gasteiger charge is -2.26. The summed E-state index contributed by atoms with van der Waals surface area (Å²) in [6, 6.07) is 3.92. The van der Waals surface area contributed by atoms with Crippen molar-refractivity contribution < 1.29 is 18.3 Å². The lowest BCUT2D eigenvalue weighted by atomic mass is 10.2. The second-order valence-corrected chi connectivity index (χ2v) is 10.1. The number of nitrogens with one attached hydrogen (secondary N) is 2. The number of aromatic nitrogens is 4. The van der Waals surface area contributed by atoms with Crippen molar-refractivity contribution in [2.45, 2.75) is 38.0 Å². The molecule has 1 aliphatic rings. The van der Waals surface area contributed by atoms with Crippen molar-refractivity contribution in [3.63, 3.8) is 0 Å². The second kappa shape index (κ2) is 10.2. The van der Waals surface area contributed by atoms with Gasteiger partial charge in [0.05, 0.1) is 29.4 Å². The van der Waals surface area contributed by atoms with Gasteiger partial charge in [-0.2, -0.15) is 0 Å². The van der Waals surface area contributed by atoms with Crippen LogP contribution >= 0.6 is 0 Å². The second-order valence-electron chi connectivity index (χ2n) is 8.31. The van der Waals surface area contributed by atoms with Gasteiger partial charge >= 0.3 is 0 Å². The van der Waals surface area contributed by atoms with Crippen LogP contribution in [0.15, 0.2) is 27.9 Å². The van der Waals surface area contributed by atoms with Crippen molar-refractivity contribution in [3.8, 4) is 17.1 Å². The number of hydrogen-bond acceptors (Lipinski definition) is 8. The molecule has 1 aromatic carbocycles. The third kappa shape index (κ3) is 5.14. The van der Waals surface area contributed by atoms with Crippen molar-refractivity contribution >= 4 is 15.5 Å². The Kier molecular flexibility index (Phi) is 7.31. The number of imidazole rings is 1. The average Bonchev–Trinajstić information content (AvgIpc) is 3.13. The third-order valence-electron chi connectivity index (χ3n) is 5.80. The summed E-state index contributed by atoms with van der Waals surface area (Å²) < 4.78 is 35.1. The molecule has 0 saturated carbocycles. The number of phenolic OH excluding ortho intramolecular Hbond substituents is 1. The van der Waals surface area contributed by atoms with E-state index in [0.29, 0.717) is 43.1 Å². The lowest BCUT2D eigenvalue weighted by Crippen LogP contribution is -2.38. The number of benzene rings is 1. The fourth-order valence-electron chi connectivity index (χ4n) is 4.03. The van der Waals surface area contributed by atoms with E-state index in [9.17, 15) is 18.3 Å². The van der Waals surface area contributed by atoms with Gasteiger partial charge in [-0.1, -0.05) is 6.92 Å². The Morgan fingerprint density at radius 2 is 2.03 bits per heavy atom. The molecule has 1 aliphatic heterocycles. The standard InChI is InChI=1S/C22H30N6O5S/c1-3-5-19-24-15(2)20-22(30)25-21(26-28(19)20)17-14-16(6-7-18(17)29)34(31,32)23-8-4-9-27-10-12-33-13-11-27/h6-7,14,23,29H,3-5,8-13H2,1-2H3,(H,25,26,30). The third-order valence-corrected chi connectivity index (χ3v) is 7.26. The number of morpholine rings is 1. The minimum atomic E-state index is -3.82. The summed E-state index contributed by atoms with van der Waals surface area (Å²) in [5.41, 5.74) is 0.596. The number of phenols is 1. The molecule has 0 atom stereocenters. The molecule has 2 aromatic heterocycles. The monoisotopic (exact) mass is 490 g/mol. The van der Waals surface area contributed by atoms with Crippen molar-refractivity contribution in [2.75, 3.05) is 39.4 Å². The van der Waals surface area contributed by atoms with Crippen molar-refractivity contribution in [2.24, 2.45) is 0 Å². The quantitative estimate of drug-likeness (QED) is 0.378. The van der Waals surface area contributed by atoms with Gasteiger partial charge in [-0.3, -0.25) is 9.69 Å². The number of aromatic amines is 1. The molecule has 0 aliphatic carbocycles. The molecule has 4 rings (SSSR count). The molecule has 12 heteroatoms. The summed E-state index contributed by atoms with van der Waals surface area (Å²) in [6.45, 7) is 7.89. The summed E-state index contributed by atoms with van der Waals surface area (Å²) in [4.78, 5) is 22.0. The first-order valence-electron chi connectivity index (χ1n) is 11.4. The first-order chi connectivity index (χ1) is 16.3. The van der Waals surface area contributed by atoms with E-state index >= 15 is 0 Å². The van der Waals surface area contributed by atoms with Gasteiger partial charge in [0.15, 0.2) is 11.3 Å². The molecule has 1 fully saturated rings. The number of rotatable bonds is 9. The molecule has 34 heavy (non-hydrogen) atoms. The van der Waals surface area contributed by atoms with E-state index in [2.05, 4.69) is 24.7 Å². The van der Waals surface area contributed by atoms with E-state index in [1.807, 2.05) is 6.92 Å². The zero-order chi connectivity index (χ0) is 24.3. The molecule has 0 unspecified atom stereocenters. The van der Waals surface area contributed by atoms with Gasteiger partial charge in [-0.25, -0.2) is 22.6 Å². The fourth-order valence-corrected chi connectivity index (χ4v) is 5.13. The van der Waals surface area contributed by atoms with Crippen molar-refractivity contribution in [1.29, 1.82) is 0 Å². The van der Waals surface area contributed by atoms with Crippen LogP contribution in [0.1, 0.15) is 31.3 Å². The summed E-state index contributed by atoms with van der Waals surface area (Å²) in [7, 11) is -3.82. The zero-order valence-electron chi connectivity index (χ0n) is 19.4. The highest BCUT2D eigenvalue weighted by molar-refractivity contribution is 7.89. The van der Waals surface area contributed by atoms with Crippen LogP contribution < -0.4 is 10.3 Å². The van der Waals surface area contributed by atoms with Gasteiger partial charge in [-0.05, 0) is 44.5 Å². The molecule has 11 nitrogen and oxygen atoms in total. The van der Waals surface area contributed by atoms with Gasteiger partial charge in [0.1, 0.15) is 11.6 Å². The maximum absolute atomic E-state index is 12.9. The molecule has 3 aromatic rings. The highest BCUT2D eigenvalue weighted by Gasteiger charge is 2.20. The Balaban J connectivity index is 1.57. The smallest absolute Gasteiger partial charge is 0.277 e. The van der Waals surface area contributed by atoms with Gasteiger partial charge < -0.3 is 14.8 Å². The minimum Gasteiger partial charge on any atom is -0.507 e. The number of aryl methyl sites for hydroxylation is 2. The average molecular weight is 491 g/mol. The highest BCUT2D eigenvalue weighted by Crippen LogP contribution is 2.29. The topological polar surface area (TPSA) is 142 Å². The predicted octanol–water partition coefficient (Wildman–Crippen LogP) is 1.05. The van der Waals surface area contributed by atoms with Crippen LogP contribution in [0, 0.1) is 6.92 Å². The minimum absolute atomic E-state index is 0.0231. The summed E-state index contributed by atoms with van der Waals surface area (Å²) in [6.07, 6.45) is 2.11. The van der Waals surface area contributed by atoms with Crippen LogP contribution in [0.2, 0.25) is 0 Å². The van der Waals surface area contributed by atoms with E-state index in [0.717, 1.165) is 26.1 Å². The van der Waals surface area contributed by atoms with Crippen LogP contribution in [0.3, 0.4) is 0 Å². The van der Waals surface area contributed by atoms with Crippen LogP contribution in [0.5, 0.6) is 5.75 Å². The first-order valence-corrected chi connectivity index (χ1v) is 12.9. The van der Waals surface area contributed by atoms with E-state index in [1.165, 1.54) is 22.7 Å². The highest BCUT2D eigenvalue weighted by atomic mass is 32.2. The molecular formula is C22H30N6O5S. The number of fused-ring (bicyclic) bond motifs is 1. The maximum atomic E-state index is 12.9. The number of nitrogens with zero attached hydrogens (tertiary/aromatic N) is 4. The predicted molar refractivity (Wildman–Crippen MR) is 127 cm³/mol. The Morgan fingerprint density at radius 1 is 1.26 bits per heavy atom. The Labute approximate surface area is 197 Å². The lowest BCUT2D eigenvalue weighted by molar-refractivity contribution is 0.0376. The van der Waals surface area contributed by atoms with Crippen molar-refractivity contribution in [3.05, 3.63) is 40.1 Å². The van der Waals surface area contributed by atoms with E-state index in [-0.39, 0.29) is 28.6 Å². The van der Waals surface area contributed by atoms with Crippen LogP contribution in [0.25, 0.3) is 16.9 Å². The van der Waals surface area contributed by atoms with E-state index < -0.39 is 15.6 Å². The summed E-state index contributed by atoms with van der Waals surface area (Å²) in [5, 5.41) is 14.9. The van der Waals surface area contributed by atoms with Crippen LogP contribution in [-0.2, 0) is 21.2 Å². The molecule has 1 saturated heterocycles. The number of aromatic hydroxyl groups is 1. The first kappa shape index (κ1) is 24.3. The van der Waals surface area contributed by atoms with Crippen molar-refractivity contribution in [1.82, 2.24) is 29.2 Å². The Morgan fingerprint density at radius 3 is 2.76 bits per heavy atom. The summed E-state index contributed by atoms with van der Waals surface area (Å²) in [5.74, 6) is 0.504. The molecule has 3 N–H and O–H groups in total. The Hall–Kier alpha value is -2.80. The maximum Gasteiger partial charge on any atom is 0.277 e. The molecule has 3 heterocycles. The molecule has 0 bridgehead atoms. The molecule has 184 valence electrons. The van der Waals surface area contributed by atoms with Gasteiger partial charge in [0.25, 0.3) is 5.56 Å². The summed E-state index contributed by atoms with van der Waals surface area (Å²) >= 11 is 0. The SMILES string of the molecule is CCCc1nc(C)c2c(=O)[nH]c(-c3cc(S(=O)(=O)NCCCN4CCOCC4)ccc3O)nn12. The van der Waals surface area contributed by atoms with Gasteiger partial charge in [0, 0.05) is 26.1 Å². The van der Waals surface area contributed by atoms with Crippen LogP contribution in [-0.4, -0.2) is 77.4 Å². The normalized spacial score (nSPS) is 15.2. The number of sulfonamides is 1. The molecule has 0 spiro atoms. The number of H-pyrrole nitrogens is 1. The molecular weight excluding hydrogens is 460 g/mol. The number of ether oxygens (including phenoxy) is 1. The largest absolute Gasteiger partial charge is 0.507 e. The zero-order valence-corrected chi connectivity index (χ0v) is 20.2. The van der Waals surface area contributed by atoms with Gasteiger partial charge in [-0.15, -0.1) is 5.10 Å². The van der Waals surface area contributed by atoms with E-state index in [4.69, 9.17) is 4.74 Å². The Bertz CT molecular complexity index is 1330. The fraction of sp³-hybridized carbons (Fsp3) is 0.500. The molecule has 0 radical (unpaired) electrons. The van der Waals surface area contributed by atoms with Gasteiger partial charge in [0.2, 0.25) is 10.0 Å².